The first-order valence-corrected chi connectivity index (χ1v) is 13.8. The standard InChI is InChI=1S/C26H31F6N9O2/c1-38(2)15-10-39(11-15)12-19-16-8-33-17(7-20(16)41(37-19)14-25(27,28)29)21-18(9-34-36-21)35-22(42)40-6-5-24(43,26(30,31)32)13-23(40)3-4-23/h7-9,15,43H,3-6,10-14H2,1-2H3,(H,34,36)(H,35,42)/t24-/m1/s1. The molecule has 2 aliphatic heterocycles. The predicted octanol–water partition coefficient (Wildman–Crippen LogP) is 3.58. The number of carbonyl (C=O) groups excluding carboxylic acids is 1. The maximum atomic E-state index is 13.5. The van der Waals surface area contributed by atoms with Gasteiger partial charge in [-0.3, -0.25) is 19.7 Å². The van der Waals surface area contributed by atoms with Gasteiger partial charge < -0.3 is 20.2 Å². The first kappa shape index (κ1) is 29.6. The van der Waals surface area contributed by atoms with Crippen LogP contribution in [-0.4, -0.2) is 114 Å². The van der Waals surface area contributed by atoms with Crippen LogP contribution in [0.4, 0.5) is 36.8 Å². The van der Waals surface area contributed by atoms with Crippen LogP contribution >= 0.6 is 0 Å². The summed E-state index contributed by atoms with van der Waals surface area (Å²) in [6, 6.07) is 1.13. The molecule has 11 nitrogen and oxygen atoms in total. The highest BCUT2D eigenvalue weighted by Gasteiger charge is 2.65. The molecule has 3 N–H and O–H groups in total. The number of hydrogen-bond donors (Lipinski definition) is 3. The molecule has 0 aromatic carbocycles. The third kappa shape index (κ3) is 5.53. The van der Waals surface area contributed by atoms with Crippen molar-refractivity contribution in [3.63, 3.8) is 0 Å². The van der Waals surface area contributed by atoms with Crippen LogP contribution in [0, 0.1) is 0 Å². The molecule has 2 saturated heterocycles. The minimum Gasteiger partial charge on any atom is -0.380 e. The summed E-state index contributed by atoms with van der Waals surface area (Å²) >= 11 is 0. The Morgan fingerprint density at radius 2 is 1.88 bits per heavy atom. The van der Waals surface area contributed by atoms with E-state index < -0.39 is 48.9 Å². The zero-order valence-electron chi connectivity index (χ0n) is 23.4. The van der Waals surface area contributed by atoms with Crippen LogP contribution in [0.3, 0.4) is 0 Å². The fourth-order valence-corrected chi connectivity index (χ4v) is 6.06. The number of hydrogen-bond acceptors (Lipinski definition) is 7. The van der Waals surface area contributed by atoms with Gasteiger partial charge in [0.15, 0.2) is 5.60 Å². The molecule has 3 aliphatic rings. The Labute approximate surface area is 241 Å². The predicted molar refractivity (Wildman–Crippen MR) is 142 cm³/mol. The Morgan fingerprint density at radius 1 is 1.16 bits per heavy atom. The van der Waals surface area contributed by atoms with Gasteiger partial charge in [-0.2, -0.15) is 36.5 Å². The SMILES string of the molecule is CN(C)C1CN(Cc2nn(CC(F)(F)F)c3cc(-c4[nH]ncc4NC(=O)N4CC[C@](O)(C(F)(F)F)CC45CC5)ncc23)C1. The molecule has 3 fully saturated rings. The Bertz CT molecular complexity index is 1520. The maximum Gasteiger partial charge on any atom is 0.417 e. The van der Waals surface area contributed by atoms with Gasteiger partial charge in [0.25, 0.3) is 0 Å². The van der Waals surface area contributed by atoms with E-state index in [2.05, 4.69) is 35.4 Å². The van der Waals surface area contributed by atoms with E-state index in [9.17, 15) is 36.2 Å². The topological polar surface area (TPSA) is 118 Å². The lowest BCUT2D eigenvalue weighted by Gasteiger charge is -2.45. The number of likely N-dealkylation sites (N-methyl/N-ethyl adjacent to an activating group) is 1. The number of anilines is 1. The van der Waals surface area contributed by atoms with E-state index >= 15 is 0 Å². The van der Waals surface area contributed by atoms with Crippen molar-refractivity contribution in [2.24, 2.45) is 0 Å². The highest BCUT2D eigenvalue weighted by Crippen LogP contribution is 2.55. The summed E-state index contributed by atoms with van der Waals surface area (Å²) in [6.45, 7) is 0.277. The number of likely N-dealkylation sites (tertiary alicyclic amines) is 2. The van der Waals surface area contributed by atoms with Crippen LogP contribution < -0.4 is 5.32 Å². The molecule has 3 aromatic rings. The second-order valence-corrected chi connectivity index (χ2v) is 12.0. The van der Waals surface area contributed by atoms with Crippen molar-refractivity contribution in [2.75, 3.05) is 39.0 Å². The molecule has 17 heteroatoms. The number of nitrogens with zero attached hydrogens (tertiary/aromatic N) is 7. The quantitative estimate of drug-likeness (QED) is 0.363. The Kier molecular flexibility index (Phi) is 6.93. The van der Waals surface area contributed by atoms with E-state index in [0.29, 0.717) is 36.5 Å². The minimum atomic E-state index is -4.81. The number of fused-ring (bicyclic) bond motifs is 1. The number of aromatic amines is 1. The fraction of sp³-hybridized carbons (Fsp3) is 0.615. The molecule has 1 atom stereocenters. The van der Waals surface area contributed by atoms with Crippen molar-refractivity contribution in [2.45, 2.75) is 68.3 Å². The van der Waals surface area contributed by atoms with Crippen molar-refractivity contribution in [3.8, 4) is 11.4 Å². The van der Waals surface area contributed by atoms with Crippen LogP contribution in [0.15, 0.2) is 18.5 Å². The van der Waals surface area contributed by atoms with Gasteiger partial charge >= 0.3 is 18.4 Å². The maximum absolute atomic E-state index is 13.5. The van der Waals surface area contributed by atoms with Crippen LogP contribution in [0.2, 0.25) is 0 Å². The highest BCUT2D eigenvalue weighted by molar-refractivity contribution is 5.94. The number of nitrogens with one attached hydrogen (secondary N) is 2. The minimum absolute atomic E-state index is 0.154. The van der Waals surface area contributed by atoms with Gasteiger partial charge in [-0.15, -0.1) is 0 Å². The summed E-state index contributed by atoms with van der Waals surface area (Å²) in [7, 11) is 3.94. The van der Waals surface area contributed by atoms with Crippen molar-refractivity contribution < 1.29 is 36.2 Å². The molecule has 43 heavy (non-hydrogen) atoms. The molecule has 1 saturated carbocycles. The van der Waals surface area contributed by atoms with E-state index in [-0.39, 0.29) is 29.1 Å². The molecule has 0 radical (unpaired) electrons. The monoisotopic (exact) mass is 615 g/mol. The van der Waals surface area contributed by atoms with Crippen LogP contribution in [0.25, 0.3) is 22.3 Å². The largest absolute Gasteiger partial charge is 0.417 e. The lowest BCUT2D eigenvalue weighted by molar-refractivity contribution is -0.277. The first-order chi connectivity index (χ1) is 20.1. The summed E-state index contributed by atoms with van der Waals surface area (Å²) in [6.07, 6.45) is -7.20. The van der Waals surface area contributed by atoms with Crippen molar-refractivity contribution in [1.82, 2.24) is 39.7 Å². The molecule has 234 valence electrons. The summed E-state index contributed by atoms with van der Waals surface area (Å²) in [5.74, 6) is 0. The molecule has 1 spiro atoms. The molecule has 3 aromatic heterocycles. The average Bonchev–Trinajstić information content (AvgIpc) is 3.32. The van der Waals surface area contributed by atoms with Crippen LogP contribution in [0.1, 0.15) is 31.4 Å². The van der Waals surface area contributed by atoms with Gasteiger partial charge in [-0.1, -0.05) is 0 Å². The third-order valence-corrected chi connectivity index (χ3v) is 8.76. The Balaban J connectivity index is 1.24. The molecule has 2 amide bonds. The van der Waals surface area contributed by atoms with Gasteiger partial charge in [-0.25, -0.2) is 4.79 Å². The number of aromatic nitrogens is 5. The van der Waals surface area contributed by atoms with Gasteiger partial charge in [-0.05, 0) is 33.0 Å². The zero-order chi connectivity index (χ0) is 30.9. The molecule has 1 aliphatic carbocycles. The van der Waals surface area contributed by atoms with E-state index in [1.165, 1.54) is 23.4 Å². The number of amides is 2. The van der Waals surface area contributed by atoms with E-state index in [0.717, 1.165) is 17.8 Å². The summed E-state index contributed by atoms with van der Waals surface area (Å²) in [5, 5.41) is 24.3. The first-order valence-electron chi connectivity index (χ1n) is 13.8. The number of H-pyrrole nitrogens is 1. The van der Waals surface area contributed by atoms with Gasteiger partial charge in [0.05, 0.1) is 28.8 Å². The van der Waals surface area contributed by atoms with Crippen LogP contribution in [0.5, 0.6) is 0 Å². The van der Waals surface area contributed by atoms with Gasteiger partial charge in [0.1, 0.15) is 12.2 Å². The number of aliphatic hydroxyl groups is 1. The van der Waals surface area contributed by atoms with Crippen LogP contribution in [-0.2, 0) is 13.1 Å². The molecule has 6 rings (SSSR count). The van der Waals surface area contributed by atoms with Crippen molar-refractivity contribution >= 4 is 22.6 Å². The Morgan fingerprint density at radius 3 is 2.51 bits per heavy atom. The van der Waals surface area contributed by atoms with E-state index in [1.54, 1.807) is 0 Å². The molecule has 5 heterocycles. The normalized spacial score (nSPS) is 22.9. The number of urea groups is 1. The number of halogens is 6. The number of piperidine rings is 1. The molecular weight excluding hydrogens is 584 g/mol. The Hall–Kier alpha value is -3.44. The number of pyridine rings is 1. The molecular formula is C26H31F6N9O2. The number of alkyl halides is 6. The zero-order valence-corrected chi connectivity index (χ0v) is 23.4. The molecule has 0 bridgehead atoms. The van der Waals surface area contributed by atoms with E-state index in [4.69, 9.17) is 0 Å². The number of rotatable bonds is 6. The number of carbonyl (C=O) groups is 1. The lowest BCUT2D eigenvalue weighted by atomic mass is 9.84. The fourth-order valence-electron chi connectivity index (χ4n) is 6.06. The average molecular weight is 616 g/mol. The second-order valence-electron chi connectivity index (χ2n) is 12.0. The summed E-state index contributed by atoms with van der Waals surface area (Å²) < 4.78 is 81.7. The van der Waals surface area contributed by atoms with Gasteiger partial charge in [0, 0.05) is 62.2 Å². The summed E-state index contributed by atoms with van der Waals surface area (Å²) in [4.78, 5) is 23.1. The van der Waals surface area contributed by atoms with Crippen molar-refractivity contribution in [3.05, 3.63) is 24.2 Å². The van der Waals surface area contributed by atoms with E-state index in [1.807, 2.05) is 14.1 Å². The second kappa shape index (κ2) is 10.1. The lowest BCUT2D eigenvalue weighted by Crippen LogP contribution is -2.60. The third-order valence-electron chi connectivity index (χ3n) is 8.76. The summed E-state index contributed by atoms with van der Waals surface area (Å²) in [5.41, 5.74) is -2.73. The highest BCUT2D eigenvalue weighted by atomic mass is 19.4. The van der Waals surface area contributed by atoms with Gasteiger partial charge in [0.2, 0.25) is 0 Å². The van der Waals surface area contributed by atoms with Crippen molar-refractivity contribution in [1.29, 1.82) is 0 Å². The molecule has 0 unspecified atom stereocenters. The smallest absolute Gasteiger partial charge is 0.380 e.